The molecule has 1 N–H and O–H groups in total. The first-order chi connectivity index (χ1) is 10.6. The second-order valence-electron chi connectivity index (χ2n) is 5.90. The number of fused-ring (bicyclic) bond motifs is 2. The van der Waals surface area contributed by atoms with Gasteiger partial charge in [-0.1, -0.05) is 6.07 Å². The van der Waals surface area contributed by atoms with E-state index in [1.807, 2.05) is 35.9 Å². The smallest absolute Gasteiger partial charge is 0.412 e. The van der Waals surface area contributed by atoms with Crippen LogP contribution in [-0.2, 0) is 17.4 Å². The number of carbonyl (C=O) groups is 1. The van der Waals surface area contributed by atoms with E-state index in [0.29, 0.717) is 5.69 Å². The maximum absolute atomic E-state index is 11.7. The van der Waals surface area contributed by atoms with Crippen LogP contribution in [0.4, 0.5) is 10.5 Å². The molecule has 1 aliphatic heterocycles. The molecule has 1 aromatic carbocycles. The number of amides is 1. The summed E-state index contributed by atoms with van der Waals surface area (Å²) in [5.74, 6) is 0. The Hall–Kier alpha value is -2.74. The predicted octanol–water partition coefficient (Wildman–Crippen LogP) is 3.51. The average molecular weight is 293 g/mol. The number of hydrogen-bond donors (Lipinski definition) is 1. The van der Waals surface area contributed by atoms with Gasteiger partial charge >= 0.3 is 6.09 Å². The molecule has 2 aliphatic rings. The molecule has 1 aromatic heterocycles. The summed E-state index contributed by atoms with van der Waals surface area (Å²) in [5.41, 5.74) is 4.02. The summed E-state index contributed by atoms with van der Waals surface area (Å²) in [5, 5.41) is 11.9. The number of aromatic nitrogens is 1. The lowest BCUT2D eigenvalue weighted by Gasteiger charge is -2.45. The molecular weight excluding hydrogens is 278 g/mol. The summed E-state index contributed by atoms with van der Waals surface area (Å²) in [7, 11) is 1.88. The minimum absolute atomic E-state index is 0.370. The Morgan fingerprint density at radius 3 is 2.77 bits per heavy atom. The number of anilines is 1. The first-order valence-electron chi connectivity index (χ1n) is 7.34. The van der Waals surface area contributed by atoms with Crippen molar-refractivity contribution in [1.29, 1.82) is 5.26 Å². The van der Waals surface area contributed by atoms with Crippen LogP contribution in [0.15, 0.2) is 30.3 Å². The largest absolute Gasteiger partial charge is 0.438 e. The summed E-state index contributed by atoms with van der Waals surface area (Å²) >= 11 is 0. The van der Waals surface area contributed by atoms with E-state index < -0.39 is 5.60 Å². The fourth-order valence-corrected chi connectivity index (χ4v) is 3.34. The van der Waals surface area contributed by atoms with Crippen LogP contribution in [0.2, 0.25) is 0 Å². The number of ether oxygens (including phenoxy) is 1. The van der Waals surface area contributed by atoms with Crippen LogP contribution in [0.3, 0.4) is 0 Å². The van der Waals surface area contributed by atoms with Gasteiger partial charge in [-0.15, -0.1) is 0 Å². The van der Waals surface area contributed by atoms with Crippen molar-refractivity contribution in [2.45, 2.75) is 24.9 Å². The molecule has 5 nitrogen and oxygen atoms in total. The van der Waals surface area contributed by atoms with Gasteiger partial charge in [0.15, 0.2) is 0 Å². The highest BCUT2D eigenvalue weighted by molar-refractivity contribution is 5.90. The molecule has 1 spiro atoms. The molecule has 1 amide bonds. The molecule has 4 rings (SSSR count). The van der Waals surface area contributed by atoms with Gasteiger partial charge in [0.25, 0.3) is 0 Å². The molecule has 1 fully saturated rings. The highest BCUT2D eigenvalue weighted by atomic mass is 16.6. The average Bonchev–Trinajstić information content (AvgIpc) is 2.85. The van der Waals surface area contributed by atoms with Crippen LogP contribution in [-0.4, -0.2) is 10.7 Å². The molecule has 0 radical (unpaired) electrons. The fourth-order valence-electron chi connectivity index (χ4n) is 3.34. The highest BCUT2D eigenvalue weighted by Gasteiger charge is 2.47. The van der Waals surface area contributed by atoms with Gasteiger partial charge in [-0.3, -0.25) is 5.32 Å². The predicted molar refractivity (Wildman–Crippen MR) is 81.2 cm³/mol. The Kier molecular flexibility index (Phi) is 2.58. The third-order valence-electron chi connectivity index (χ3n) is 4.73. The molecule has 5 heteroatoms. The van der Waals surface area contributed by atoms with Gasteiger partial charge in [-0.25, -0.2) is 4.79 Å². The lowest BCUT2D eigenvalue weighted by atomic mass is 9.73. The van der Waals surface area contributed by atoms with Crippen LogP contribution in [0.25, 0.3) is 11.3 Å². The Morgan fingerprint density at radius 2 is 2.14 bits per heavy atom. The van der Waals surface area contributed by atoms with Crippen LogP contribution >= 0.6 is 0 Å². The zero-order valence-electron chi connectivity index (χ0n) is 12.2. The van der Waals surface area contributed by atoms with Gasteiger partial charge in [0.1, 0.15) is 17.4 Å². The molecule has 110 valence electrons. The van der Waals surface area contributed by atoms with Gasteiger partial charge in [0, 0.05) is 18.3 Å². The molecule has 22 heavy (non-hydrogen) atoms. The number of carbonyl (C=O) groups excluding carboxylic acids is 1. The van der Waals surface area contributed by atoms with Gasteiger partial charge in [0.05, 0.1) is 5.69 Å². The highest BCUT2D eigenvalue weighted by Crippen LogP contribution is 2.50. The normalized spacial score (nSPS) is 17.9. The number of rotatable bonds is 1. The summed E-state index contributed by atoms with van der Waals surface area (Å²) < 4.78 is 7.45. The van der Waals surface area contributed by atoms with Crippen LogP contribution in [0, 0.1) is 11.3 Å². The number of hydrogen-bond acceptors (Lipinski definition) is 3. The van der Waals surface area contributed by atoms with Crippen molar-refractivity contribution in [2.75, 3.05) is 5.32 Å². The molecule has 0 saturated heterocycles. The monoisotopic (exact) mass is 293 g/mol. The van der Waals surface area contributed by atoms with E-state index in [1.54, 1.807) is 0 Å². The summed E-state index contributed by atoms with van der Waals surface area (Å²) in [6.07, 6.45) is 2.44. The van der Waals surface area contributed by atoms with E-state index in [-0.39, 0.29) is 6.09 Å². The first-order valence-corrected chi connectivity index (χ1v) is 7.34. The first kappa shape index (κ1) is 13.0. The lowest BCUT2D eigenvalue weighted by molar-refractivity contribution is -0.0503. The topological polar surface area (TPSA) is 67.0 Å². The van der Waals surface area contributed by atoms with Crippen molar-refractivity contribution in [3.05, 3.63) is 41.6 Å². The van der Waals surface area contributed by atoms with Crippen molar-refractivity contribution in [3.63, 3.8) is 0 Å². The molecule has 1 aliphatic carbocycles. The second kappa shape index (κ2) is 4.38. The molecule has 0 unspecified atom stereocenters. The van der Waals surface area contributed by atoms with Gasteiger partial charge in [-0.05, 0) is 49.1 Å². The van der Waals surface area contributed by atoms with Crippen LogP contribution < -0.4 is 5.32 Å². The molecule has 2 heterocycles. The van der Waals surface area contributed by atoms with Gasteiger partial charge in [0.2, 0.25) is 0 Å². The van der Waals surface area contributed by atoms with Crippen molar-refractivity contribution < 1.29 is 9.53 Å². The minimum Gasteiger partial charge on any atom is -0.438 e. The van der Waals surface area contributed by atoms with Crippen LogP contribution in [0.5, 0.6) is 0 Å². The Bertz CT molecular complexity index is 825. The van der Waals surface area contributed by atoms with Crippen molar-refractivity contribution in [2.24, 2.45) is 7.05 Å². The maximum Gasteiger partial charge on any atom is 0.412 e. The Labute approximate surface area is 128 Å². The fraction of sp³-hybridized carbons (Fsp3) is 0.294. The van der Waals surface area contributed by atoms with Gasteiger partial charge < -0.3 is 9.30 Å². The standard InChI is InChI=1S/C17H15N3O2/c1-20-12(10-18)4-6-15(20)11-3-5-14-13(9-11)17(7-2-8-17)22-16(21)19-14/h3-6,9H,2,7-8H2,1H3,(H,19,21). The number of nitrogens with one attached hydrogen (secondary N) is 1. The number of nitriles is 1. The number of nitrogens with zero attached hydrogens (tertiary/aromatic N) is 2. The van der Waals surface area contributed by atoms with E-state index in [0.717, 1.165) is 41.8 Å². The second-order valence-corrected chi connectivity index (χ2v) is 5.90. The van der Waals surface area contributed by atoms with E-state index >= 15 is 0 Å². The maximum atomic E-state index is 11.7. The molecule has 1 saturated carbocycles. The van der Waals surface area contributed by atoms with Crippen LogP contribution in [0.1, 0.15) is 30.5 Å². The summed E-state index contributed by atoms with van der Waals surface area (Å²) in [4.78, 5) is 11.7. The van der Waals surface area contributed by atoms with E-state index in [9.17, 15) is 4.79 Å². The zero-order valence-corrected chi connectivity index (χ0v) is 12.2. The Balaban J connectivity index is 1.84. The van der Waals surface area contributed by atoms with E-state index in [4.69, 9.17) is 10.00 Å². The molecule has 0 bridgehead atoms. The minimum atomic E-state index is -0.461. The van der Waals surface area contributed by atoms with Gasteiger partial charge in [-0.2, -0.15) is 5.26 Å². The summed E-state index contributed by atoms with van der Waals surface area (Å²) in [6, 6.07) is 11.9. The lowest BCUT2D eigenvalue weighted by Crippen LogP contribution is -2.44. The number of benzene rings is 1. The third-order valence-corrected chi connectivity index (χ3v) is 4.73. The summed E-state index contributed by atoms with van der Waals surface area (Å²) in [6.45, 7) is 0. The molecular formula is C17H15N3O2. The Morgan fingerprint density at radius 1 is 1.32 bits per heavy atom. The quantitative estimate of drug-likeness (QED) is 0.875. The van der Waals surface area contributed by atoms with Crippen molar-refractivity contribution in [1.82, 2.24) is 4.57 Å². The third kappa shape index (κ3) is 1.67. The molecule has 2 aromatic rings. The van der Waals surface area contributed by atoms with Crippen molar-refractivity contribution >= 4 is 11.8 Å². The molecule has 0 atom stereocenters. The SMILES string of the molecule is Cn1c(C#N)ccc1-c1ccc2c(c1)C1(CCC1)OC(=O)N2. The zero-order chi connectivity index (χ0) is 15.3. The van der Waals surface area contributed by atoms with E-state index in [1.165, 1.54) is 0 Å². The van der Waals surface area contributed by atoms with Crippen molar-refractivity contribution in [3.8, 4) is 17.3 Å². The van der Waals surface area contributed by atoms with E-state index in [2.05, 4.69) is 17.5 Å².